The van der Waals surface area contributed by atoms with E-state index in [0.717, 1.165) is 17.2 Å². The first-order valence-corrected chi connectivity index (χ1v) is 6.87. The molecule has 0 saturated heterocycles. The average Bonchev–Trinajstić information content (AvgIpc) is 3.17. The average molecular weight is 289 g/mol. The molecule has 6 nitrogen and oxygen atoms in total. The van der Waals surface area contributed by atoms with Gasteiger partial charge in [-0.2, -0.15) is 5.10 Å². The zero-order chi connectivity index (χ0) is 14.1. The molecule has 3 rings (SSSR count). The Morgan fingerprint density at radius 2 is 2.40 bits per heavy atom. The maximum Gasteiger partial charge on any atom is 0.338 e. The molecular formula is C13H11N3O3S. The van der Waals surface area contributed by atoms with Crippen LogP contribution in [-0.2, 0) is 6.54 Å². The Labute approximate surface area is 118 Å². The number of hydrogen-bond acceptors (Lipinski definition) is 5. The lowest BCUT2D eigenvalue weighted by Crippen LogP contribution is -1.98. The third kappa shape index (κ3) is 2.12. The second kappa shape index (κ2) is 4.93. The van der Waals surface area contributed by atoms with Gasteiger partial charge in [-0.1, -0.05) is 0 Å². The molecule has 3 heterocycles. The quantitative estimate of drug-likeness (QED) is 0.798. The van der Waals surface area contributed by atoms with Crippen LogP contribution in [0.1, 0.15) is 17.3 Å². The first-order chi connectivity index (χ1) is 9.69. The van der Waals surface area contributed by atoms with Crippen LogP contribution in [0.2, 0.25) is 0 Å². The summed E-state index contributed by atoms with van der Waals surface area (Å²) in [6, 6.07) is 3.37. The Bertz CT molecular complexity index is 756. The van der Waals surface area contributed by atoms with Crippen LogP contribution in [0, 0.1) is 0 Å². The molecule has 0 aliphatic rings. The standard InChI is InChI=1S/C13H11N3O3S/c1-2-16-10(3-4-14-16)12-15-9(7-20-12)11-5-8(6-19-11)13(17)18/h3-7H,2H2,1H3,(H,17,18). The summed E-state index contributed by atoms with van der Waals surface area (Å²) in [4.78, 5) is 15.3. The molecule has 7 heteroatoms. The van der Waals surface area contributed by atoms with E-state index in [1.165, 1.54) is 23.7 Å². The lowest BCUT2D eigenvalue weighted by Gasteiger charge is -1.99. The summed E-state index contributed by atoms with van der Waals surface area (Å²) in [5.41, 5.74) is 1.68. The van der Waals surface area contributed by atoms with E-state index in [1.54, 1.807) is 6.20 Å². The first kappa shape index (κ1) is 12.6. The van der Waals surface area contributed by atoms with Gasteiger partial charge in [-0.15, -0.1) is 11.3 Å². The molecular weight excluding hydrogens is 278 g/mol. The van der Waals surface area contributed by atoms with Crippen LogP contribution in [0.4, 0.5) is 0 Å². The largest absolute Gasteiger partial charge is 0.478 e. The van der Waals surface area contributed by atoms with Gasteiger partial charge in [0, 0.05) is 24.2 Å². The number of carbonyl (C=O) groups is 1. The number of rotatable bonds is 4. The summed E-state index contributed by atoms with van der Waals surface area (Å²) < 4.78 is 7.09. The van der Waals surface area contributed by atoms with E-state index in [4.69, 9.17) is 9.52 Å². The zero-order valence-corrected chi connectivity index (χ0v) is 11.4. The van der Waals surface area contributed by atoms with Crippen LogP contribution in [0.3, 0.4) is 0 Å². The van der Waals surface area contributed by atoms with Gasteiger partial charge in [-0.3, -0.25) is 4.68 Å². The topological polar surface area (TPSA) is 81.2 Å². The molecule has 1 N–H and O–H groups in total. The minimum Gasteiger partial charge on any atom is -0.478 e. The molecule has 0 aromatic carbocycles. The fourth-order valence-corrected chi connectivity index (χ4v) is 2.69. The molecule has 0 aliphatic heterocycles. The van der Waals surface area contributed by atoms with E-state index < -0.39 is 5.97 Å². The molecule has 3 aromatic heterocycles. The van der Waals surface area contributed by atoms with Gasteiger partial charge >= 0.3 is 5.97 Å². The Morgan fingerprint density at radius 1 is 1.55 bits per heavy atom. The fraction of sp³-hybridized carbons (Fsp3) is 0.154. The van der Waals surface area contributed by atoms with Crippen LogP contribution in [-0.4, -0.2) is 25.8 Å². The van der Waals surface area contributed by atoms with Crippen molar-refractivity contribution in [2.75, 3.05) is 0 Å². The van der Waals surface area contributed by atoms with E-state index in [0.29, 0.717) is 11.5 Å². The van der Waals surface area contributed by atoms with Crippen molar-refractivity contribution >= 4 is 17.3 Å². The summed E-state index contributed by atoms with van der Waals surface area (Å²) in [5, 5.41) is 15.7. The van der Waals surface area contributed by atoms with Crippen LogP contribution in [0.5, 0.6) is 0 Å². The van der Waals surface area contributed by atoms with Crippen molar-refractivity contribution in [3.63, 3.8) is 0 Å². The monoisotopic (exact) mass is 289 g/mol. The number of aromatic nitrogens is 3. The van der Waals surface area contributed by atoms with E-state index in [1.807, 2.05) is 23.1 Å². The Hall–Kier alpha value is -2.41. The summed E-state index contributed by atoms with van der Waals surface area (Å²) in [5.74, 6) is -0.563. The normalized spacial score (nSPS) is 10.8. The van der Waals surface area contributed by atoms with Crippen molar-refractivity contribution in [2.45, 2.75) is 13.5 Å². The number of carboxylic acids is 1. The van der Waals surface area contributed by atoms with Gasteiger partial charge in [0.2, 0.25) is 0 Å². The van der Waals surface area contributed by atoms with Crippen molar-refractivity contribution in [3.8, 4) is 22.2 Å². The predicted octanol–water partition coefficient (Wildman–Crippen LogP) is 2.98. The number of aromatic carboxylic acids is 1. The highest BCUT2D eigenvalue weighted by Crippen LogP contribution is 2.29. The van der Waals surface area contributed by atoms with Crippen LogP contribution < -0.4 is 0 Å². The lowest BCUT2D eigenvalue weighted by atomic mass is 10.3. The van der Waals surface area contributed by atoms with E-state index >= 15 is 0 Å². The molecule has 0 amide bonds. The smallest absolute Gasteiger partial charge is 0.338 e. The highest BCUT2D eigenvalue weighted by Gasteiger charge is 2.14. The SMILES string of the molecule is CCn1nccc1-c1nc(-c2cc(C(=O)O)co2)cs1. The fourth-order valence-electron chi connectivity index (χ4n) is 1.85. The molecule has 0 unspecified atom stereocenters. The maximum absolute atomic E-state index is 10.8. The number of nitrogens with zero attached hydrogens (tertiary/aromatic N) is 3. The molecule has 0 fully saturated rings. The van der Waals surface area contributed by atoms with E-state index in [9.17, 15) is 4.79 Å². The molecule has 0 atom stereocenters. The van der Waals surface area contributed by atoms with Crippen LogP contribution >= 0.6 is 11.3 Å². The van der Waals surface area contributed by atoms with Gasteiger partial charge in [-0.25, -0.2) is 9.78 Å². The summed E-state index contributed by atoms with van der Waals surface area (Å²) in [7, 11) is 0. The molecule has 0 aliphatic carbocycles. The van der Waals surface area contributed by atoms with Crippen molar-refractivity contribution in [1.82, 2.24) is 14.8 Å². The van der Waals surface area contributed by atoms with Gasteiger partial charge in [-0.05, 0) is 13.0 Å². The number of furan rings is 1. The molecule has 3 aromatic rings. The molecule has 0 radical (unpaired) electrons. The second-order valence-electron chi connectivity index (χ2n) is 4.07. The minimum atomic E-state index is -1.01. The van der Waals surface area contributed by atoms with Crippen molar-refractivity contribution in [2.24, 2.45) is 0 Å². The lowest BCUT2D eigenvalue weighted by molar-refractivity contribution is 0.0696. The first-order valence-electron chi connectivity index (χ1n) is 5.99. The molecule has 102 valence electrons. The Balaban J connectivity index is 1.95. The van der Waals surface area contributed by atoms with E-state index in [-0.39, 0.29) is 5.56 Å². The van der Waals surface area contributed by atoms with Gasteiger partial charge in [0.1, 0.15) is 17.0 Å². The summed E-state index contributed by atoms with van der Waals surface area (Å²) >= 11 is 1.47. The molecule has 20 heavy (non-hydrogen) atoms. The van der Waals surface area contributed by atoms with Gasteiger partial charge in [0.15, 0.2) is 5.76 Å². The second-order valence-corrected chi connectivity index (χ2v) is 4.93. The Morgan fingerprint density at radius 3 is 3.10 bits per heavy atom. The number of carboxylic acid groups (broad SMARTS) is 1. The molecule has 0 bridgehead atoms. The third-order valence-electron chi connectivity index (χ3n) is 2.84. The van der Waals surface area contributed by atoms with Gasteiger partial charge < -0.3 is 9.52 Å². The van der Waals surface area contributed by atoms with Gasteiger partial charge in [0.05, 0.1) is 11.3 Å². The number of thiazole rings is 1. The third-order valence-corrected chi connectivity index (χ3v) is 3.70. The number of hydrogen-bond donors (Lipinski definition) is 1. The molecule has 0 saturated carbocycles. The predicted molar refractivity (Wildman–Crippen MR) is 73.7 cm³/mol. The van der Waals surface area contributed by atoms with Crippen LogP contribution in [0.25, 0.3) is 22.2 Å². The maximum atomic E-state index is 10.8. The minimum absolute atomic E-state index is 0.119. The van der Waals surface area contributed by atoms with Crippen LogP contribution in [0.15, 0.2) is 34.4 Å². The Kier molecular flexibility index (Phi) is 3.11. The summed E-state index contributed by atoms with van der Waals surface area (Å²) in [6.07, 6.45) is 2.95. The van der Waals surface area contributed by atoms with Crippen molar-refractivity contribution < 1.29 is 14.3 Å². The zero-order valence-electron chi connectivity index (χ0n) is 10.6. The highest BCUT2D eigenvalue weighted by atomic mass is 32.1. The summed E-state index contributed by atoms with van der Waals surface area (Å²) in [6.45, 7) is 2.78. The van der Waals surface area contributed by atoms with Crippen molar-refractivity contribution in [3.05, 3.63) is 35.5 Å². The number of aryl methyl sites for hydroxylation is 1. The van der Waals surface area contributed by atoms with Gasteiger partial charge in [0.25, 0.3) is 0 Å². The highest BCUT2D eigenvalue weighted by molar-refractivity contribution is 7.13. The van der Waals surface area contributed by atoms with Crippen molar-refractivity contribution in [1.29, 1.82) is 0 Å². The molecule has 0 spiro atoms. The van der Waals surface area contributed by atoms with E-state index in [2.05, 4.69) is 10.1 Å².